The van der Waals surface area contributed by atoms with E-state index in [1.807, 2.05) is 6.92 Å². The van der Waals surface area contributed by atoms with Crippen molar-refractivity contribution in [3.05, 3.63) is 21.3 Å². The van der Waals surface area contributed by atoms with Gasteiger partial charge < -0.3 is 10.4 Å². The molecule has 0 aliphatic rings. The number of halogens is 1. The van der Waals surface area contributed by atoms with Crippen molar-refractivity contribution in [3.63, 3.8) is 0 Å². The predicted molar refractivity (Wildman–Crippen MR) is 72.3 cm³/mol. The Morgan fingerprint density at radius 2 is 2.22 bits per heavy atom. The normalized spacial score (nSPS) is 12.1. The Morgan fingerprint density at radius 3 is 2.78 bits per heavy atom. The third-order valence-corrected chi connectivity index (χ3v) is 3.94. The van der Waals surface area contributed by atoms with Crippen LogP contribution in [0.2, 0.25) is 5.02 Å². The van der Waals surface area contributed by atoms with Gasteiger partial charge in [-0.3, -0.25) is 9.59 Å². The van der Waals surface area contributed by atoms with E-state index in [1.165, 1.54) is 11.3 Å². The van der Waals surface area contributed by atoms with E-state index in [0.29, 0.717) is 22.9 Å². The number of hydrogen-bond acceptors (Lipinski definition) is 3. The number of carboxylic acids is 1. The van der Waals surface area contributed by atoms with Crippen molar-refractivity contribution in [1.29, 1.82) is 0 Å². The minimum absolute atomic E-state index is 0.166. The zero-order chi connectivity index (χ0) is 13.5. The van der Waals surface area contributed by atoms with E-state index in [4.69, 9.17) is 16.7 Å². The number of aliphatic carboxylic acids is 1. The molecule has 4 nitrogen and oxygen atoms in total. The first-order valence-corrected chi connectivity index (χ1v) is 6.99. The van der Waals surface area contributed by atoms with Gasteiger partial charge in [-0.05, 0) is 30.2 Å². The fourth-order valence-electron chi connectivity index (χ4n) is 1.48. The number of carbonyl (C=O) groups is 2. The number of thiophene rings is 1. The molecule has 0 fully saturated rings. The lowest BCUT2D eigenvalue weighted by Gasteiger charge is -2.10. The summed E-state index contributed by atoms with van der Waals surface area (Å²) in [5.41, 5.74) is 0. The molecule has 1 heterocycles. The molecule has 1 rings (SSSR count). The van der Waals surface area contributed by atoms with Gasteiger partial charge in [0.1, 0.15) is 4.88 Å². The van der Waals surface area contributed by atoms with Gasteiger partial charge in [0.25, 0.3) is 5.91 Å². The van der Waals surface area contributed by atoms with Crippen molar-refractivity contribution < 1.29 is 14.7 Å². The predicted octanol–water partition coefficient (Wildman–Crippen LogP) is 3.02. The number of nitrogens with one attached hydrogen (secondary N) is 1. The Hall–Kier alpha value is -1.07. The molecule has 18 heavy (non-hydrogen) atoms. The van der Waals surface area contributed by atoms with E-state index in [0.717, 1.165) is 6.42 Å². The number of hydrogen-bond donors (Lipinski definition) is 2. The fourth-order valence-corrected chi connectivity index (χ4v) is 2.54. The summed E-state index contributed by atoms with van der Waals surface area (Å²) in [5.74, 6) is -0.670. The Bertz CT molecular complexity index is 419. The van der Waals surface area contributed by atoms with Gasteiger partial charge in [0.05, 0.1) is 5.02 Å². The molecule has 0 radical (unpaired) electrons. The summed E-state index contributed by atoms with van der Waals surface area (Å²) in [6, 6.07) is 1.69. The summed E-state index contributed by atoms with van der Waals surface area (Å²) in [7, 11) is 0. The summed E-state index contributed by atoms with van der Waals surface area (Å²) >= 11 is 7.15. The van der Waals surface area contributed by atoms with Crippen LogP contribution in [0.1, 0.15) is 35.9 Å². The average molecular weight is 290 g/mol. The summed E-state index contributed by atoms with van der Waals surface area (Å²) in [6.45, 7) is 2.51. The second-order valence-corrected chi connectivity index (χ2v) is 5.50. The van der Waals surface area contributed by atoms with Crippen LogP contribution in [0.3, 0.4) is 0 Å². The first-order chi connectivity index (χ1) is 8.50. The summed E-state index contributed by atoms with van der Waals surface area (Å²) in [5, 5.41) is 13.6. The molecule has 0 saturated heterocycles. The van der Waals surface area contributed by atoms with Gasteiger partial charge in [-0.2, -0.15) is 0 Å². The molecule has 1 aromatic rings. The molecular formula is C12H16ClNO3S. The second kappa shape index (κ2) is 7.38. The van der Waals surface area contributed by atoms with Crippen LogP contribution in [0.25, 0.3) is 0 Å². The first-order valence-electron chi connectivity index (χ1n) is 5.73. The zero-order valence-electron chi connectivity index (χ0n) is 10.1. The lowest BCUT2D eigenvalue weighted by molar-refractivity contribution is -0.137. The molecular weight excluding hydrogens is 274 g/mol. The van der Waals surface area contributed by atoms with Gasteiger partial charge >= 0.3 is 5.97 Å². The first kappa shape index (κ1) is 15.0. The molecule has 6 heteroatoms. The lowest BCUT2D eigenvalue weighted by Crippen LogP contribution is -2.25. The van der Waals surface area contributed by atoms with Gasteiger partial charge in [0, 0.05) is 13.0 Å². The Labute approximate surface area is 115 Å². The van der Waals surface area contributed by atoms with Crippen molar-refractivity contribution in [3.8, 4) is 0 Å². The van der Waals surface area contributed by atoms with Crippen molar-refractivity contribution in [1.82, 2.24) is 5.32 Å². The standard InChI is InChI=1S/C12H16ClNO3S/c1-8(2-3-10(15)16)4-6-14-12(17)11-9(13)5-7-18-11/h5,7-8H,2-4,6H2,1H3,(H,14,17)(H,15,16). The van der Waals surface area contributed by atoms with Crippen molar-refractivity contribution >= 4 is 34.8 Å². The van der Waals surface area contributed by atoms with Crippen molar-refractivity contribution in [2.75, 3.05) is 6.54 Å². The Kier molecular flexibility index (Phi) is 6.15. The van der Waals surface area contributed by atoms with Gasteiger partial charge in [-0.1, -0.05) is 18.5 Å². The summed E-state index contributed by atoms with van der Waals surface area (Å²) in [6.07, 6.45) is 1.57. The molecule has 0 aliphatic heterocycles. The molecule has 1 aromatic heterocycles. The van der Waals surface area contributed by atoms with Crippen LogP contribution < -0.4 is 5.32 Å². The molecule has 100 valence electrons. The van der Waals surface area contributed by atoms with Crippen LogP contribution in [0, 0.1) is 5.92 Å². The average Bonchev–Trinajstić information content (AvgIpc) is 2.72. The second-order valence-electron chi connectivity index (χ2n) is 4.18. The van der Waals surface area contributed by atoms with Gasteiger partial charge in [-0.15, -0.1) is 11.3 Å². The van der Waals surface area contributed by atoms with Crippen molar-refractivity contribution in [2.24, 2.45) is 5.92 Å². The maximum atomic E-state index is 11.7. The molecule has 1 unspecified atom stereocenters. The van der Waals surface area contributed by atoms with Gasteiger partial charge in [-0.25, -0.2) is 0 Å². The van der Waals surface area contributed by atoms with E-state index >= 15 is 0 Å². The lowest BCUT2D eigenvalue weighted by atomic mass is 10.0. The molecule has 0 saturated carbocycles. The van der Waals surface area contributed by atoms with E-state index in [1.54, 1.807) is 11.4 Å². The number of amides is 1. The SMILES string of the molecule is CC(CCNC(=O)c1sccc1Cl)CCC(=O)O. The largest absolute Gasteiger partial charge is 0.481 e. The van der Waals surface area contributed by atoms with Crippen LogP contribution in [0.4, 0.5) is 0 Å². The maximum Gasteiger partial charge on any atom is 0.303 e. The number of carboxylic acid groups (broad SMARTS) is 1. The highest BCUT2D eigenvalue weighted by Crippen LogP contribution is 2.21. The topological polar surface area (TPSA) is 66.4 Å². The molecule has 0 spiro atoms. The van der Waals surface area contributed by atoms with Crippen molar-refractivity contribution in [2.45, 2.75) is 26.2 Å². The Morgan fingerprint density at radius 1 is 1.50 bits per heavy atom. The summed E-state index contributed by atoms with van der Waals surface area (Å²) < 4.78 is 0. The summed E-state index contributed by atoms with van der Waals surface area (Å²) in [4.78, 5) is 22.6. The van der Waals surface area contributed by atoms with Crippen LogP contribution in [-0.4, -0.2) is 23.5 Å². The van der Waals surface area contributed by atoms with Crippen LogP contribution in [0.15, 0.2) is 11.4 Å². The highest BCUT2D eigenvalue weighted by Gasteiger charge is 2.12. The van der Waals surface area contributed by atoms with Crippen LogP contribution in [-0.2, 0) is 4.79 Å². The van der Waals surface area contributed by atoms with Gasteiger partial charge in [0.2, 0.25) is 0 Å². The highest BCUT2D eigenvalue weighted by atomic mass is 35.5. The number of carbonyl (C=O) groups excluding carboxylic acids is 1. The van der Waals surface area contributed by atoms with E-state index in [-0.39, 0.29) is 18.2 Å². The monoisotopic (exact) mass is 289 g/mol. The minimum atomic E-state index is -0.781. The fraction of sp³-hybridized carbons (Fsp3) is 0.500. The van der Waals surface area contributed by atoms with E-state index < -0.39 is 5.97 Å². The van der Waals surface area contributed by atoms with Crippen LogP contribution >= 0.6 is 22.9 Å². The number of rotatable bonds is 7. The molecule has 0 bridgehead atoms. The highest BCUT2D eigenvalue weighted by molar-refractivity contribution is 7.12. The van der Waals surface area contributed by atoms with Gasteiger partial charge in [0.15, 0.2) is 0 Å². The van der Waals surface area contributed by atoms with Crippen LogP contribution in [0.5, 0.6) is 0 Å². The third kappa shape index (κ3) is 5.06. The third-order valence-electron chi connectivity index (χ3n) is 2.60. The quantitative estimate of drug-likeness (QED) is 0.811. The minimum Gasteiger partial charge on any atom is -0.481 e. The molecule has 1 amide bonds. The van der Waals surface area contributed by atoms with E-state index in [2.05, 4.69) is 5.32 Å². The molecule has 0 aliphatic carbocycles. The molecule has 0 aromatic carbocycles. The smallest absolute Gasteiger partial charge is 0.303 e. The van der Waals surface area contributed by atoms with E-state index in [9.17, 15) is 9.59 Å². The zero-order valence-corrected chi connectivity index (χ0v) is 11.7. The Balaban J connectivity index is 2.24. The molecule has 1 atom stereocenters. The molecule has 2 N–H and O–H groups in total. The maximum absolute atomic E-state index is 11.7.